The Kier molecular flexibility index (Phi) is 11.5. The number of nitrogens with two attached hydrogens (primary N) is 1. The predicted octanol–water partition coefficient (Wildman–Crippen LogP) is -2.22. The maximum Gasteiger partial charge on any atom is 0.326 e. The summed E-state index contributed by atoms with van der Waals surface area (Å²) < 4.78 is 0. The number of amides is 3. The minimum Gasteiger partial charge on any atom is -0.481 e. The molecule has 0 aliphatic carbocycles. The number of aliphatic carboxylic acids is 2. The zero-order chi connectivity index (χ0) is 22.7. The molecule has 8 N–H and O–H groups in total. The van der Waals surface area contributed by atoms with Crippen molar-refractivity contribution in [1.82, 2.24) is 16.0 Å². The number of carboxylic acids is 2. The summed E-state index contributed by atoms with van der Waals surface area (Å²) in [6.45, 7) is 3.91. The van der Waals surface area contributed by atoms with Crippen molar-refractivity contribution in [3.63, 3.8) is 0 Å². The van der Waals surface area contributed by atoms with Crippen LogP contribution in [0.25, 0.3) is 0 Å². The van der Waals surface area contributed by atoms with Crippen LogP contribution in [-0.2, 0) is 24.0 Å². The largest absolute Gasteiger partial charge is 0.481 e. The minimum absolute atomic E-state index is 0.122. The number of carbonyl (C=O) groups is 5. The fraction of sp³-hybridized carbons (Fsp3) is 0.706. The fourth-order valence-corrected chi connectivity index (χ4v) is 2.22. The first-order valence-electron chi connectivity index (χ1n) is 9.16. The van der Waals surface area contributed by atoms with Gasteiger partial charge in [-0.05, 0) is 19.3 Å². The van der Waals surface area contributed by atoms with Crippen LogP contribution in [0, 0.1) is 5.92 Å². The Morgan fingerprint density at radius 3 is 1.97 bits per heavy atom. The van der Waals surface area contributed by atoms with E-state index >= 15 is 0 Å². The van der Waals surface area contributed by atoms with E-state index in [0.29, 0.717) is 6.42 Å². The van der Waals surface area contributed by atoms with E-state index in [1.54, 1.807) is 13.8 Å². The number of aliphatic hydroxyl groups is 1. The van der Waals surface area contributed by atoms with Gasteiger partial charge in [-0.2, -0.15) is 0 Å². The van der Waals surface area contributed by atoms with Crippen LogP contribution >= 0.6 is 0 Å². The van der Waals surface area contributed by atoms with Gasteiger partial charge in [0, 0.05) is 6.42 Å². The average molecular weight is 418 g/mol. The SMILES string of the molecule is CCC(C)C(NC(=O)C(CO)NC(=O)C(C)NC(=O)C(N)CCC(=O)O)C(=O)O. The Bertz CT molecular complexity index is 612. The number of carbonyl (C=O) groups excluding carboxylic acids is 3. The second-order valence-corrected chi connectivity index (χ2v) is 6.72. The Balaban J connectivity index is 4.83. The van der Waals surface area contributed by atoms with Crippen molar-refractivity contribution in [3.8, 4) is 0 Å². The van der Waals surface area contributed by atoms with Gasteiger partial charge in [-0.3, -0.25) is 19.2 Å². The van der Waals surface area contributed by atoms with Crippen molar-refractivity contribution in [2.45, 2.75) is 64.2 Å². The van der Waals surface area contributed by atoms with Gasteiger partial charge in [-0.15, -0.1) is 0 Å². The molecule has 0 radical (unpaired) electrons. The van der Waals surface area contributed by atoms with E-state index in [9.17, 15) is 34.2 Å². The van der Waals surface area contributed by atoms with Crippen LogP contribution in [0.2, 0.25) is 0 Å². The molecule has 0 aliphatic rings. The van der Waals surface area contributed by atoms with Gasteiger partial charge >= 0.3 is 11.9 Å². The Labute approximate surface area is 168 Å². The molecule has 0 aromatic rings. The monoisotopic (exact) mass is 418 g/mol. The third kappa shape index (κ3) is 9.34. The molecule has 166 valence electrons. The number of nitrogens with one attached hydrogen (secondary N) is 3. The molecule has 0 rings (SSSR count). The van der Waals surface area contributed by atoms with Crippen molar-refractivity contribution in [2.75, 3.05) is 6.61 Å². The first-order valence-corrected chi connectivity index (χ1v) is 9.16. The first kappa shape index (κ1) is 26.3. The number of rotatable bonds is 13. The molecule has 0 saturated carbocycles. The van der Waals surface area contributed by atoms with Crippen molar-refractivity contribution in [3.05, 3.63) is 0 Å². The number of hydrogen-bond donors (Lipinski definition) is 7. The lowest BCUT2D eigenvalue weighted by molar-refractivity contribution is -0.144. The van der Waals surface area contributed by atoms with Crippen LogP contribution in [-0.4, -0.2) is 75.8 Å². The van der Waals surface area contributed by atoms with Crippen LogP contribution in [0.1, 0.15) is 40.0 Å². The minimum atomic E-state index is -1.42. The molecule has 0 aliphatic heterocycles. The fourth-order valence-electron chi connectivity index (χ4n) is 2.22. The van der Waals surface area contributed by atoms with E-state index in [1.807, 2.05) is 0 Å². The maximum atomic E-state index is 12.2. The van der Waals surface area contributed by atoms with E-state index in [-0.39, 0.29) is 18.8 Å². The Hall–Kier alpha value is -2.73. The van der Waals surface area contributed by atoms with Gasteiger partial charge in [0.25, 0.3) is 0 Å². The summed E-state index contributed by atoms with van der Waals surface area (Å²) in [5, 5.41) is 34.0. The molecule has 5 atom stereocenters. The van der Waals surface area contributed by atoms with Crippen molar-refractivity contribution in [1.29, 1.82) is 0 Å². The number of aliphatic hydroxyl groups excluding tert-OH is 1. The van der Waals surface area contributed by atoms with Gasteiger partial charge in [-0.25, -0.2) is 4.79 Å². The molecule has 0 spiro atoms. The van der Waals surface area contributed by atoms with E-state index in [2.05, 4.69) is 16.0 Å². The first-order chi connectivity index (χ1) is 13.4. The molecule has 3 amide bonds. The Morgan fingerprint density at radius 2 is 1.52 bits per heavy atom. The van der Waals surface area contributed by atoms with Gasteiger partial charge < -0.3 is 37.0 Å². The summed E-state index contributed by atoms with van der Waals surface area (Å²) in [5.41, 5.74) is 5.55. The maximum absolute atomic E-state index is 12.2. The number of hydrogen-bond acceptors (Lipinski definition) is 7. The molecule has 0 aromatic carbocycles. The highest BCUT2D eigenvalue weighted by Gasteiger charge is 2.30. The summed E-state index contributed by atoms with van der Waals surface area (Å²) >= 11 is 0. The van der Waals surface area contributed by atoms with Crippen LogP contribution in [0.5, 0.6) is 0 Å². The highest BCUT2D eigenvalue weighted by Crippen LogP contribution is 2.08. The average Bonchev–Trinajstić information content (AvgIpc) is 2.66. The molecule has 29 heavy (non-hydrogen) atoms. The van der Waals surface area contributed by atoms with Crippen molar-refractivity contribution in [2.24, 2.45) is 11.7 Å². The van der Waals surface area contributed by atoms with Crippen LogP contribution in [0.4, 0.5) is 0 Å². The quantitative estimate of drug-likeness (QED) is 0.172. The van der Waals surface area contributed by atoms with E-state index in [0.717, 1.165) is 0 Å². The lowest BCUT2D eigenvalue weighted by atomic mass is 9.99. The van der Waals surface area contributed by atoms with Crippen LogP contribution in [0.15, 0.2) is 0 Å². The molecule has 0 saturated heterocycles. The van der Waals surface area contributed by atoms with Gasteiger partial charge in [0.15, 0.2) is 0 Å². The summed E-state index contributed by atoms with van der Waals surface area (Å²) in [5.74, 6) is -5.18. The van der Waals surface area contributed by atoms with Gasteiger partial charge in [0.05, 0.1) is 12.6 Å². The zero-order valence-electron chi connectivity index (χ0n) is 16.7. The summed E-state index contributed by atoms with van der Waals surface area (Å²) in [6, 6.07) is -4.88. The molecule has 0 fully saturated rings. The molecular formula is C17H30N4O8. The molecule has 0 bridgehead atoms. The molecule has 0 aromatic heterocycles. The lowest BCUT2D eigenvalue weighted by Gasteiger charge is -2.24. The normalized spacial score (nSPS) is 15.9. The lowest BCUT2D eigenvalue weighted by Crippen LogP contribution is -2.58. The zero-order valence-corrected chi connectivity index (χ0v) is 16.7. The number of carboxylic acid groups (broad SMARTS) is 2. The van der Waals surface area contributed by atoms with Gasteiger partial charge in [-0.1, -0.05) is 20.3 Å². The second-order valence-electron chi connectivity index (χ2n) is 6.72. The third-order valence-electron chi connectivity index (χ3n) is 4.35. The van der Waals surface area contributed by atoms with Crippen molar-refractivity contribution < 1.29 is 39.3 Å². The third-order valence-corrected chi connectivity index (χ3v) is 4.35. The molecule has 12 nitrogen and oxygen atoms in total. The van der Waals surface area contributed by atoms with Crippen LogP contribution < -0.4 is 21.7 Å². The van der Waals surface area contributed by atoms with E-state index in [4.69, 9.17) is 10.8 Å². The standard InChI is InChI=1S/C17H30N4O8/c1-4-8(2)13(17(28)29)21-16(27)11(7-22)20-14(25)9(3)19-15(26)10(18)5-6-12(23)24/h8-11,13,22H,4-7,18H2,1-3H3,(H,19,26)(H,20,25)(H,21,27)(H,23,24)(H,28,29). The summed E-state index contributed by atoms with van der Waals surface area (Å²) in [6.07, 6.45) is 0.0464. The topological polar surface area (TPSA) is 208 Å². The molecule has 12 heteroatoms. The Morgan fingerprint density at radius 1 is 0.931 bits per heavy atom. The van der Waals surface area contributed by atoms with Gasteiger partial charge in [0.1, 0.15) is 18.1 Å². The molecule has 0 heterocycles. The highest BCUT2D eigenvalue weighted by atomic mass is 16.4. The van der Waals surface area contributed by atoms with Crippen molar-refractivity contribution >= 4 is 29.7 Å². The molecular weight excluding hydrogens is 388 g/mol. The summed E-state index contributed by atoms with van der Waals surface area (Å²) in [4.78, 5) is 58.1. The smallest absolute Gasteiger partial charge is 0.326 e. The van der Waals surface area contributed by atoms with Gasteiger partial charge in [0.2, 0.25) is 17.7 Å². The predicted molar refractivity (Wildman–Crippen MR) is 100 cm³/mol. The highest BCUT2D eigenvalue weighted by molar-refractivity contribution is 5.94. The van der Waals surface area contributed by atoms with E-state index in [1.165, 1.54) is 6.92 Å². The van der Waals surface area contributed by atoms with Crippen LogP contribution in [0.3, 0.4) is 0 Å². The second kappa shape index (κ2) is 12.7. The summed E-state index contributed by atoms with van der Waals surface area (Å²) in [7, 11) is 0. The van der Waals surface area contributed by atoms with E-state index < -0.39 is 60.4 Å². The molecule has 5 unspecified atom stereocenters.